The van der Waals surface area contributed by atoms with Gasteiger partial charge < -0.3 is 4.74 Å². The highest BCUT2D eigenvalue weighted by atomic mass is 16.5. The van der Waals surface area contributed by atoms with Gasteiger partial charge in [-0.2, -0.15) is 0 Å². The molecule has 184 valence electrons. The number of rotatable bonds is 7. The molecule has 37 heavy (non-hydrogen) atoms. The first-order valence-electron chi connectivity index (χ1n) is 12.5. The lowest BCUT2D eigenvalue weighted by atomic mass is 9.52. The fourth-order valence-electron chi connectivity index (χ4n) is 5.86. The third-order valence-corrected chi connectivity index (χ3v) is 7.67. The molecule has 0 heterocycles. The molecule has 0 fully saturated rings. The number of aryl methyl sites for hydroxylation is 1. The van der Waals surface area contributed by atoms with Gasteiger partial charge >= 0.3 is 0 Å². The van der Waals surface area contributed by atoms with Crippen LogP contribution < -0.4 is 0 Å². The fourth-order valence-corrected chi connectivity index (χ4v) is 5.86. The molecular weight excluding hydrogens is 456 g/mol. The summed E-state index contributed by atoms with van der Waals surface area (Å²) in [5.41, 5.74) is 2.21. The summed E-state index contributed by atoms with van der Waals surface area (Å²) < 4.78 is 6.36. The highest BCUT2D eigenvalue weighted by molar-refractivity contribution is 6.25. The zero-order valence-corrected chi connectivity index (χ0v) is 21.2. The number of ketones is 2. The maximum Gasteiger partial charge on any atom is 0.201 e. The molecule has 3 heteroatoms. The van der Waals surface area contributed by atoms with E-state index >= 15 is 0 Å². The van der Waals surface area contributed by atoms with Crippen LogP contribution in [0.3, 0.4) is 0 Å². The minimum absolute atomic E-state index is 0.106. The summed E-state index contributed by atoms with van der Waals surface area (Å²) in [5, 5.41) is 0. The van der Waals surface area contributed by atoms with Gasteiger partial charge in [-0.3, -0.25) is 9.59 Å². The quantitative estimate of drug-likeness (QED) is 0.284. The highest BCUT2D eigenvalue weighted by Crippen LogP contribution is 2.54. The summed E-state index contributed by atoms with van der Waals surface area (Å²) in [7, 11) is 1.53. The van der Waals surface area contributed by atoms with Gasteiger partial charge in [0.25, 0.3) is 0 Å². The van der Waals surface area contributed by atoms with E-state index in [0.717, 1.165) is 22.3 Å². The first kappa shape index (κ1) is 24.6. The predicted octanol–water partition coefficient (Wildman–Crippen LogP) is 6.94. The lowest BCUT2D eigenvalue weighted by Crippen LogP contribution is -2.64. The second kappa shape index (κ2) is 9.76. The van der Waals surface area contributed by atoms with Crippen LogP contribution in [0.5, 0.6) is 0 Å². The molecule has 0 radical (unpaired) electrons. The van der Waals surface area contributed by atoms with E-state index in [2.05, 4.69) is 6.58 Å². The van der Waals surface area contributed by atoms with Gasteiger partial charge in [-0.05, 0) is 42.0 Å². The first-order valence-corrected chi connectivity index (χ1v) is 12.5. The molecule has 1 aliphatic carbocycles. The molecule has 5 rings (SSSR count). The molecule has 1 unspecified atom stereocenters. The summed E-state index contributed by atoms with van der Waals surface area (Å²) in [6.07, 6.45) is 0.640. The topological polar surface area (TPSA) is 43.4 Å². The van der Waals surface area contributed by atoms with Crippen LogP contribution in [0.2, 0.25) is 0 Å². The molecule has 0 amide bonds. The van der Waals surface area contributed by atoms with Crippen LogP contribution in [0.4, 0.5) is 0 Å². The van der Waals surface area contributed by atoms with E-state index < -0.39 is 11.0 Å². The van der Waals surface area contributed by atoms with E-state index in [1.807, 2.05) is 97.9 Å². The Bertz CT molecular complexity index is 1410. The van der Waals surface area contributed by atoms with Gasteiger partial charge in [-0.25, -0.2) is 0 Å². The number of benzene rings is 4. The molecular formula is C34H30O3. The maximum absolute atomic E-state index is 14.8. The number of fused-ring (bicyclic) bond motifs is 1. The van der Waals surface area contributed by atoms with E-state index in [1.165, 1.54) is 7.11 Å². The Balaban J connectivity index is 1.84. The lowest BCUT2D eigenvalue weighted by molar-refractivity contribution is -0.0371. The first-order chi connectivity index (χ1) is 17.9. The smallest absolute Gasteiger partial charge is 0.201 e. The second-order valence-corrected chi connectivity index (χ2v) is 9.84. The molecule has 0 spiro atoms. The van der Waals surface area contributed by atoms with Gasteiger partial charge in [-0.15, -0.1) is 0 Å². The van der Waals surface area contributed by atoms with Crippen molar-refractivity contribution in [3.05, 3.63) is 149 Å². The molecule has 0 aromatic heterocycles. The molecule has 3 nitrogen and oxygen atoms in total. The zero-order chi connectivity index (χ0) is 26.0. The van der Waals surface area contributed by atoms with Gasteiger partial charge in [0.15, 0.2) is 11.4 Å². The van der Waals surface area contributed by atoms with Crippen molar-refractivity contribution in [1.29, 1.82) is 0 Å². The number of carbonyl (C=O) groups excluding carboxylic acids is 2. The summed E-state index contributed by atoms with van der Waals surface area (Å²) in [4.78, 5) is 29.4. The Kier molecular flexibility index (Phi) is 6.49. The van der Waals surface area contributed by atoms with Crippen molar-refractivity contribution in [2.75, 3.05) is 7.11 Å². The summed E-state index contributed by atoms with van der Waals surface area (Å²) in [5.74, 6) is -0.340. The van der Waals surface area contributed by atoms with Crippen LogP contribution in [0.1, 0.15) is 43.0 Å². The molecule has 0 N–H and O–H groups in total. The van der Waals surface area contributed by atoms with E-state index in [1.54, 1.807) is 18.2 Å². The number of ether oxygens (including phenoxy) is 1. The van der Waals surface area contributed by atoms with Crippen molar-refractivity contribution in [3.63, 3.8) is 0 Å². The average Bonchev–Trinajstić information content (AvgIpc) is 2.94. The number of hydrogen-bond acceptors (Lipinski definition) is 3. The van der Waals surface area contributed by atoms with Crippen molar-refractivity contribution in [3.8, 4) is 0 Å². The standard InChI is InChI=1S/C34H30O3/c1-24-18-20-28(21-19-24)25(2)34(37-3)32(36)30-17-11-10-16-29(30)31(35)33(34,22-26-12-6-4-7-13-26)23-27-14-8-5-9-15-27/h4-21H,2,22-23H2,1,3H3. The van der Waals surface area contributed by atoms with E-state index in [9.17, 15) is 9.59 Å². The number of methoxy groups -OCH3 is 1. The van der Waals surface area contributed by atoms with Crippen molar-refractivity contribution in [2.45, 2.75) is 25.4 Å². The molecule has 1 atom stereocenters. The zero-order valence-electron chi connectivity index (χ0n) is 21.2. The van der Waals surface area contributed by atoms with Crippen LogP contribution >= 0.6 is 0 Å². The number of Topliss-reactive ketones (excluding diaryl/α,β-unsaturated/α-hetero) is 2. The Morgan fingerprint density at radius 1 is 0.676 bits per heavy atom. The normalized spacial score (nSPS) is 18.3. The van der Waals surface area contributed by atoms with E-state index in [0.29, 0.717) is 29.5 Å². The molecule has 0 saturated heterocycles. The fraction of sp³-hybridized carbons (Fsp3) is 0.176. The maximum atomic E-state index is 14.8. The largest absolute Gasteiger partial charge is 0.364 e. The third kappa shape index (κ3) is 3.96. The van der Waals surface area contributed by atoms with E-state index in [-0.39, 0.29) is 11.6 Å². The van der Waals surface area contributed by atoms with Crippen molar-refractivity contribution in [1.82, 2.24) is 0 Å². The van der Waals surface area contributed by atoms with Crippen molar-refractivity contribution in [2.24, 2.45) is 5.41 Å². The molecule has 4 aromatic carbocycles. The molecule has 0 bridgehead atoms. The molecule has 4 aromatic rings. The minimum Gasteiger partial charge on any atom is -0.364 e. The Morgan fingerprint density at radius 3 is 1.62 bits per heavy atom. The Labute approximate surface area is 218 Å². The van der Waals surface area contributed by atoms with E-state index in [4.69, 9.17) is 4.74 Å². The second-order valence-electron chi connectivity index (χ2n) is 9.84. The van der Waals surface area contributed by atoms with Crippen LogP contribution in [-0.4, -0.2) is 24.3 Å². The number of hydrogen-bond donors (Lipinski definition) is 0. The number of carbonyl (C=O) groups is 2. The van der Waals surface area contributed by atoms with Crippen LogP contribution in [0.15, 0.2) is 116 Å². The summed E-state index contributed by atoms with van der Waals surface area (Å²) >= 11 is 0. The van der Waals surface area contributed by atoms with Crippen LogP contribution in [0, 0.1) is 12.3 Å². The van der Waals surface area contributed by atoms with Crippen molar-refractivity contribution < 1.29 is 14.3 Å². The monoisotopic (exact) mass is 486 g/mol. The van der Waals surface area contributed by atoms with Crippen LogP contribution in [-0.2, 0) is 17.6 Å². The van der Waals surface area contributed by atoms with Crippen LogP contribution in [0.25, 0.3) is 5.57 Å². The summed E-state index contributed by atoms with van der Waals surface area (Å²) in [6, 6.07) is 34.7. The van der Waals surface area contributed by atoms with Gasteiger partial charge in [0.1, 0.15) is 0 Å². The molecule has 0 aliphatic heterocycles. The lowest BCUT2D eigenvalue weighted by Gasteiger charge is -2.52. The van der Waals surface area contributed by atoms with Gasteiger partial charge in [-0.1, -0.05) is 121 Å². The van der Waals surface area contributed by atoms with Gasteiger partial charge in [0.05, 0.1) is 5.41 Å². The SMILES string of the molecule is C=C(c1ccc(C)cc1)C1(OC)C(=O)c2ccccc2C(=O)C1(Cc1ccccc1)Cc1ccccc1. The average molecular weight is 487 g/mol. The van der Waals surface area contributed by atoms with Gasteiger partial charge in [0.2, 0.25) is 5.78 Å². The summed E-state index contributed by atoms with van der Waals surface area (Å²) in [6.45, 7) is 6.47. The third-order valence-electron chi connectivity index (χ3n) is 7.67. The molecule has 0 saturated carbocycles. The Morgan fingerprint density at radius 2 is 1.14 bits per heavy atom. The minimum atomic E-state index is -1.61. The van der Waals surface area contributed by atoms with Gasteiger partial charge in [0, 0.05) is 18.2 Å². The molecule has 1 aliphatic rings. The predicted molar refractivity (Wildman–Crippen MR) is 148 cm³/mol. The van der Waals surface area contributed by atoms with Crippen molar-refractivity contribution >= 4 is 17.1 Å². The Hall–Kier alpha value is -4.08. The highest BCUT2D eigenvalue weighted by Gasteiger charge is 2.65.